The molecule has 0 bridgehead atoms. The minimum Gasteiger partial charge on any atom is -0.507 e. The van der Waals surface area contributed by atoms with Crippen LogP contribution in [0, 0.1) is 5.82 Å². The van der Waals surface area contributed by atoms with Crippen LogP contribution < -0.4 is 0 Å². The minimum absolute atomic E-state index is 0.211. The van der Waals surface area contributed by atoms with Crippen molar-refractivity contribution in [3.8, 4) is 50.3 Å². The van der Waals surface area contributed by atoms with Gasteiger partial charge >= 0.3 is 0 Å². The van der Waals surface area contributed by atoms with Crippen LogP contribution in [0.15, 0.2) is 121 Å². The molecule has 0 saturated carbocycles. The first-order chi connectivity index (χ1) is 15.7. The number of aromatic hydroxyl groups is 1. The Kier molecular flexibility index (Phi) is 5.27. The summed E-state index contributed by atoms with van der Waals surface area (Å²) >= 11 is 0. The lowest BCUT2D eigenvalue weighted by Crippen LogP contribution is -1.94. The zero-order valence-electron chi connectivity index (χ0n) is 17.4. The van der Waals surface area contributed by atoms with Gasteiger partial charge in [-0.05, 0) is 51.6 Å². The predicted molar refractivity (Wildman–Crippen MR) is 130 cm³/mol. The zero-order chi connectivity index (χ0) is 21.9. The average Bonchev–Trinajstić information content (AvgIpc) is 2.85. The van der Waals surface area contributed by atoms with Gasteiger partial charge in [0, 0.05) is 11.1 Å². The summed E-state index contributed by atoms with van der Waals surface area (Å²) in [5, 5.41) is 11.8. The zero-order valence-corrected chi connectivity index (χ0v) is 17.4. The van der Waals surface area contributed by atoms with Gasteiger partial charge in [0.25, 0.3) is 0 Å². The summed E-state index contributed by atoms with van der Waals surface area (Å²) in [6, 6.07) is 38.3. The first-order valence-electron chi connectivity index (χ1n) is 10.5. The molecule has 0 unspecified atom stereocenters. The molecular formula is C30H21FO. The van der Waals surface area contributed by atoms with E-state index in [4.69, 9.17) is 0 Å². The molecule has 0 atom stereocenters. The lowest BCUT2D eigenvalue weighted by atomic mass is 9.84. The Morgan fingerprint density at radius 1 is 0.438 bits per heavy atom. The van der Waals surface area contributed by atoms with Crippen molar-refractivity contribution in [1.29, 1.82) is 0 Å². The quantitative estimate of drug-likeness (QED) is 0.313. The molecule has 2 heteroatoms. The maximum atomic E-state index is 13.7. The van der Waals surface area contributed by atoms with Crippen molar-refractivity contribution in [2.45, 2.75) is 0 Å². The van der Waals surface area contributed by atoms with Gasteiger partial charge in [0.05, 0.1) is 0 Å². The van der Waals surface area contributed by atoms with Crippen molar-refractivity contribution in [2.24, 2.45) is 0 Å². The molecule has 0 spiro atoms. The highest BCUT2D eigenvalue weighted by molar-refractivity contribution is 6.00. The van der Waals surface area contributed by atoms with E-state index in [-0.39, 0.29) is 11.6 Å². The number of phenols is 1. The van der Waals surface area contributed by atoms with E-state index in [2.05, 4.69) is 6.07 Å². The largest absolute Gasteiger partial charge is 0.507 e. The molecule has 32 heavy (non-hydrogen) atoms. The Hall–Kier alpha value is -4.17. The molecule has 0 radical (unpaired) electrons. The van der Waals surface area contributed by atoms with Gasteiger partial charge in [-0.1, -0.05) is 103 Å². The molecule has 0 aromatic heterocycles. The molecule has 5 aromatic carbocycles. The number of hydrogen-bond donors (Lipinski definition) is 1. The van der Waals surface area contributed by atoms with E-state index < -0.39 is 0 Å². The van der Waals surface area contributed by atoms with Crippen LogP contribution in [0.25, 0.3) is 44.5 Å². The molecule has 0 aliphatic heterocycles. The van der Waals surface area contributed by atoms with Crippen LogP contribution in [-0.4, -0.2) is 5.11 Å². The van der Waals surface area contributed by atoms with Crippen LogP contribution >= 0.6 is 0 Å². The summed E-state index contributed by atoms with van der Waals surface area (Å²) in [5.74, 6) is -0.0773. The van der Waals surface area contributed by atoms with Gasteiger partial charge in [0.1, 0.15) is 11.6 Å². The Morgan fingerprint density at radius 3 is 1.25 bits per heavy atom. The van der Waals surface area contributed by atoms with E-state index in [0.29, 0.717) is 0 Å². The molecular weight excluding hydrogens is 395 g/mol. The first kappa shape index (κ1) is 19.8. The maximum Gasteiger partial charge on any atom is 0.132 e. The van der Waals surface area contributed by atoms with E-state index in [1.807, 2.05) is 91.0 Å². The fourth-order valence-corrected chi connectivity index (χ4v) is 4.17. The SMILES string of the molecule is Oc1c(-c2ccccc2)c(-c2ccccc2)cc(-c2ccc(F)cc2)c1-c1ccccc1. The highest BCUT2D eigenvalue weighted by Crippen LogP contribution is 2.49. The number of benzene rings is 5. The summed E-state index contributed by atoms with van der Waals surface area (Å²) in [6.07, 6.45) is 0. The normalized spacial score (nSPS) is 10.8. The van der Waals surface area contributed by atoms with Crippen molar-refractivity contribution in [1.82, 2.24) is 0 Å². The van der Waals surface area contributed by atoms with E-state index in [0.717, 1.165) is 44.5 Å². The van der Waals surface area contributed by atoms with E-state index >= 15 is 0 Å². The van der Waals surface area contributed by atoms with Gasteiger partial charge in [-0.2, -0.15) is 0 Å². The molecule has 0 fully saturated rings. The average molecular weight is 416 g/mol. The van der Waals surface area contributed by atoms with Gasteiger partial charge in [-0.15, -0.1) is 0 Å². The van der Waals surface area contributed by atoms with Gasteiger partial charge < -0.3 is 5.11 Å². The first-order valence-corrected chi connectivity index (χ1v) is 10.5. The van der Waals surface area contributed by atoms with Gasteiger partial charge in [-0.3, -0.25) is 0 Å². The standard InChI is InChI=1S/C30H21FO/c31-25-18-16-22(17-19-25)27-20-26(21-10-4-1-5-11-21)28(23-12-6-2-7-13-23)30(32)29(27)24-14-8-3-9-15-24/h1-20,32H. The summed E-state index contributed by atoms with van der Waals surface area (Å²) in [7, 11) is 0. The third kappa shape index (κ3) is 3.67. The summed E-state index contributed by atoms with van der Waals surface area (Å²) < 4.78 is 13.7. The molecule has 1 N–H and O–H groups in total. The van der Waals surface area contributed by atoms with Crippen molar-refractivity contribution < 1.29 is 9.50 Å². The molecule has 0 aliphatic carbocycles. The van der Waals surface area contributed by atoms with Gasteiger partial charge in [0.15, 0.2) is 0 Å². The molecule has 5 rings (SSSR count). The van der Waals surface area contributed by atoms with Gasteiger partial charge in [0.2, 0.25) is 0 Å². The monoisotopic (exact) mass is 416 g/mol. The summed E-state index contributed by atoms with van der Waals surface area (Å²) in [5.41, 5.74) is 6.98. The molecule has 0 amide bonds. The molecule has 154 valence electrons. The molecule has 5 aromatic rings. The van der Waals surface area contributed by atoms with Crippen LogP contribution in [0.1, 0.15) is 0 Å². The Morgan fingerprint density at radius 2 is 0.812 bits per heavy atom. The molecule has 1 nitrogen and oxygen atoms in total. The van der Waals surface area contributed by atoms with Crippen LogP contribution in [0.4, 0.5) is 4.39 Å². The van der Waals surface area contributed by atoms with Crippen molar-refractivity contribution >= 4 is 0 Å². The molecule has 0 heterocycles. The van der Waals surface area contributed by atoms with Crippen LogP contribution in [0.2, 0.25) is 0 Å². The second kappa shape index (κ2) is 8.52. The summed E-state index contributed by atoms with van der Waals surface area (Å²) in [6.45, 7) is 0. The number of phenolic OH excluding ortho intramolecular Hbond substituents is 1. The minimum atomic E-state index is -0.288. The maximum absolute atomic E-state index is 13.7. The predicted octanol–water partition coefficient (Wildman–Crippen LogP) is 8.20. The Bertz CT molecular complexity index is 1340. The third-order valence-electron chi connectivity index (χ3n) is 5.67. The van der Waals surface area contributed by atoms with Crippen LogP contribution in [0.3, 0.4) is 0 Å². The van der Waals surface area contributed by atoms with Crippen molar-refractivity contribution in [2.75, 3.05) is 0 Å². The molecule has 0 saturated heterocycles. The fraction of sp³-hybridized carbons (Fsp3) is 0. The topological polar surface area (TPSA) is 20.2 Å². The number of hydrogen-bond acceptors (Lipinski definition) is 1. The Balaban J connectivity index is 1.90. The summed E-state index contributed by atoms with van der Waals surface area (Å²) in [4.78, 5) is 0. The van der Waals surface area contributed by atoms with Crippen LogP contribution in [0.5, 0.6) is 5.75 Å². The number of halogens is 1. The van der Waals surface area contributed by atoms with E-state index in [1.165, 1.54) is 12.1 Å². The van der Waals surface area contributed by atoms with Gasteiger partial charge in [-0.25, -0.2) is 4.39 Å². The third-order valence-corrected chi connectivity index (χ3v) is 5.67. The van der Waals surface area contributed by atoms with E-state index in [9.17, 15) is 9.50 Å². The second-order valence-electron chi connectivity index (χ2n) is 7.68. The van der Waals surface area contributed by atoms with E-state index in [1.54, 1.807) is 12.1 Å². The second-order valence-corrected chi connectivity index (χ2v) is 7.68. The highest BCUT2D eigenvalue weighted by Gasteiger charge is 2.22. The molecule has 0 aliphatic rings. The van der Waals surface area contributed by atoms with Crippen LogP contribution in [-0.2, 0) is 0 Å². The van der Waals surface area contributed by atoms with Crippen molar-refractivity contribution in [3.05, 3.63) is 127 Å². The van der Waals surface area contributed by atoms with Crippen molar-refractivity contribution in [3.63, 3.8) is 0 Å². The lowest BCUT2D eigenvalue weighted by Gasteiger charge is -2.20. The highest BCUT2D eigenvalue weighted by atomic mass is 19.1. The smallest absolute Gasteiger partial charge is 0.132 e. The number of rotatable bonds is 4. The Labute approximate surface area is 187 Å². The lowest BCUT2D eigenvalue weighted by molar-refractivity contribution is 0.480. The fourth-order valence-electron chi connectivity index (χ4n) is 4.17.